The van der Waals surface area contributed by atoms with Gasteiger partial charge in [-0.15, -0.1) is 0 Å². The van der Waals surface area contributed by atoms with Gasteiger partial charge in [-0.1, -0.05) is 53.7 Å². The molecule has 0 aromatic heterocycles. The summed E-state index contributed by atoms with van der Waals surface area (Å²) in [5.74, 6) is 0.719. The van der Waals surface area contributed by atoms with Crippen LogP contribution in [0.25, 0.3) is 0 Å². The van der Waals surface area contributed by atoms with Gasteiger partial charge in [0, 0.05) is 5.56 Å². The van der Waals surface area contributed by atoms with Crippen molar-refractivity contribution in [2.45, 2.75) is 65.2 Å². The van der Waals surface area contributed by atoms with Gasteiger partial charge < -0.3 is 4.74 Å². The Bertz CT molecular complexity index is 521. The second kappa shape index (κ2) is 7.03. The van der Waals surface area contributed by atoms with Gasteiger partial charge >= 0.3 is 6.09 Å². The van der Waals surface area contributed by atoms with Crippen molar-refractivity contribution in [3.05, 3.63) is 29.3 Å². The highest BCUT2D eigenvalue weighted by atomic mass is 16.5. The van der Waals surface area contributed by atoms with E-state index < -0.39 is 6.09 Å². The van der Waals surface area contributed by atoms with Crippen LogP contribution in [-0.4, -0.2) is 12.8 Å². The number of nitrogens with one attached hydrogen (secondary N) is 1. The molecule has 0 bridgehead atoms. The number of amides is 1. The fourth-order valence-electron chi connectivity index (χ4n) is 2.17. The van der Waals surface area contributed by atoms with Crippen molar-refractivity contribution in [2.75, 3.05) is 6.73 Å². The molecule has 0 fully saturated rings. The number of ether oxygens (including phenoxy) is 1. The molecule has 1 amide bonds. The monoisotopic (exact) mass is 306 g/mol. The third-order valence-corrected chi connectivity index (χ3v) is 4.70. The van der Waals surface area contributed by atoms with E-state index in [9.17, 15) is 9.90 Å². The molecule has 0 aliphatic rings. The summed E-state index contributed by atoms with van der Waals surface area (Å²) in [7, 11) is 0. The fourth-order valence-corrected chi connectivity index (χ4v) is 2.17. The molecule has 4 heteroatoms. The molecule has 1 aromatic rings. The van der Waals surface area contributed by atoms with E-state index in [0.29, 0.717) is 0 Å². The number of benzene rings is 1. The molecule has 0 spiro atoms. The van der Waals surface area contributed by atoms with E-state index in [1.807, 2.05) is 6.07 Å². The van der Waals surface area contributed by atoms with Crippen LogP contribution in [0.15, 0.2) is 18.2 Å². The van der Waals surface area contributed by atoms with Gasteiger partial charge in [-0.2, -0.15) is 0 Å². The molecule has 0 aliphatic carbocycles. The number of hydrogen-bond donors (Lipinski definition) is 1. The molecule has 1 aromatic carbocycles. The number of hydrogen-bond acceptors (Lipinski definition) is 2. The predicted octanol–water partition coefficient (Wildman–Crippen LogP) is 4.54. The van der Waals surface area contributed by atoms with E-state index in [2.05, 4.69) is 59.0 Å². The van der Waals surface area contributed by atoms with Crippen molar-refractivity contribution in [2.24, 2.45) is 0 Å². The minimum absolute atomic E-state index is 0.0450. The standard InChI is InChI=1S/C18H28NO3/c1-7-17(3,4)13-9-10-15(22-12-19-16(20)21)14(11-13)18(5,6)8-2/h9-11,19H,7-8,12H2,1-6H3. The molecule has 4 nitrogen and oxygen atoms in total. The van der Waals surface area contributed by atoms with Crippen LogP contribution in [0.3, 0.4) is 0 Å². The van der Waals surface area contributed by atoms with Crippen molar-refractivity contribution in [1.29, 1.82) is 0 Å². The van der Waals surface area contributed by atoms with Crippen LogP contribution >= 0.6 is 0 Å². The zero-order chi connectivity index (χ0) is 17.0. The number of carbonyl (C=O) groups is 1. The van der Waals surface area contributed by atoms with Gasteiger partial charge in [0.2, 0.25) is 0 Å². The van der Waals surface area contributed by atoms with Gasteiger partial charge in [0.25, 0.3) is 0 Å². The first kappa shape index (κ1) is 18.3. The zero-order valence-electron chi connectivity index (χ0n) is 14.6. The largest absolute Gasteiger partial charge is 0.473 e. The van der Waals surface area contributed by atoms with E-state index in [0.717, 1.165) is 24.2 Å². The quantitative estimate of drug-likeness (QED) is 0.752. The summed E-state index contributed by atoms with van der Waals surface area (Å²) in [4.78, 5) is 10.4. The van der Waals surface area contributed by atoms with E-state index in [1.165, 1.54) is 5.56 Å². The van der Waals surface area contributed by atoms with E-state index in [1.54, 1.807) is 0 Å². The Kier molecular flexibility index (Phi) is 5.86. The first-order chi connectivity index (χ1) is 10.1. The van der Waals surface area contributed by atoms with E-state index >= 15 is 0 Å². The van der Waals surface area contributed by atoms with Crippen LogP contribution in [0.4, 0.5) is 4.79 Å². The van der Waals surface area contributed by atoms with Crippen LogP contribution in [0, 0.1) is 0 Å². The maximum Gasteiger partial charge on any atom is 0.453 e. The summed E-state index contributed by atoms with van der Waals surface area (Å²) < 4.78 is 5.61. The maximum atomic E-state index is 10.4. The Morgan fingerprint density at radius 3 is 2.18 bits per heavy atom. The summed E-state index contributed by atoms with van der Waals surface area (Å²) in [6.45, 7) is 13.0. The Morgan fingerprint density at radius 2 is 1.68 bits per heavy atom. The minimum atomic E-state index is -1.33. The fraction of sp³-hybridized carbons (Fsp3) is 0.611. The van der Waals surface area contributed by atoms with Crippen LogP contribution in [0.1, 0.15) is 65.5 Å². The number of carbonyl (C=O) groups excluding carboxylic acids is 1. The van der Waals surface area contributed by atoms with Crippen molar-refractivity contribution in [3.8, 4) is 5.75 Å². The summed E-state index contributed by atoms with van der Waals surface area (Å²) in [5.41, 5.74) is 2.43. The lowest BCUT2D eigenvalue weighted by molar-refractivity contribution is 0.155. The van der Waals surface area contributed by atoms with Crippen LogP contribution < -0.4 is 10.1 Å². The minimum Gasteiger partial charge on any atom is -0.473 e. The Balaban J connectivity index is 3.19. The molecule has 0 atom stereocenters. The third-order valence-electron chi connectivity index (χ3n) is 4.70. The van der Waals surface area contributed by atoms with Gasteiger partial charge in [-0.3, -0.25) is 5.32 Å². The molecule has 0 heterocycles. The van der Waals surface area contributed by atoms with Crippen molar-refractivity contribution < 1.29 is 14.6 Å². The predicted molar refractivity (Wildman–Crippen MR) is 87.8 cm³/mol. The highest BCUT2D eigenvalue weighted by molar-refractivity contribution is 5.63. The second-order valence-electron chi connectivity index (χ2n) is 6.94. The van der Waals surface area contributed by atoms with Crippen LogP contribution in [-0.2, 0) is 15.9 Å². The third kappa shape index (κ3) is 4.39. The summed E-state index contributed by atoms with van der Waals surface area (Å²) in [5, 5.41) is 12.6. The molecule has 0 aliphatic heterocycles. The van der Waals surface area contributed by atoms with E-state index in [4.69, 9.17) is 4.74 Å². The average molecular weight is 306 g/mol. The van der Waals surface area contributed by atoms with E-state index in [-0.39, 0.29) is 17.6 Å². The number of rotatable bonds is 7. The normalized spacial score (nSPS) is 12.1. The molecule has 0 unspecified atom stereocenters. The van der Waals surface area contributed by atoms with Gasteiger partial charge in [0.15, 0.2) is 6.73 Å². The molecule has 1 N–H and O–H groups in total. The Morgan fingerprint density at radius 1 is 1.09 bits per heavy atom. The molecule has 123 valence electrons. The van der Waals surface area contributed by atoms with Crippen molar-refractivity contribution >= 4 is 6.09 Å². The summed E-state index contributed by atoms with van der Waals surface area (Å²) >= 11 is 0. The van der Waals surface area contributed by atoms with Gasteiger partial charge in [0.05, 0.1) is 0 Å². The highest BCUT2D eigenvalue weighted by Gasteiger charge is 2.26. The topological polar surface area (TPSA) is 58.2 Å². The molecular weight excluding hydrogens is 278 g/mol. The zero-order valence-corrected chi connectivity index (χ0v) is 14.6. The van der Waals surface area contributed by atoms with Crippen molar-refractivity contribution in [1.82, 2.24) is 5.32 Å². The maximum absolute atomic E-state index is 10.4. The van der Waals surface area contributed by atoms with Crippen LogP contribution in [0.2, 0.25) is 0 Å². The first-order valence-corrected chi connectivity index (χ1v) is 7.86. The molecule has 1 rings (SSSR count). The first-order valence-electron chi connectivity index (χ1n) is 7.86. The lowest BCUT2D eigenvalue weighted by Crippen LogP contribution is -2.26. The Hall–Kier alpha value is -1.71. The van der Waals surface area contributed by atoms with Gasteiger partial charge in [0.1, 0.15) is 5.75 Å². The second-order valence-corrected chi connectivity index (χ2v) is 6.94. The van der Waals surface area contributed by atoms with Crippen molar-refractivity contribution in [3.63, 3.8) is 0 Å². The lowest BCUT2D eigenvalue weighted by Gasteiger charge is -2.30. The van der Waals surface area contributed by atoms with Gasteiger partial charge in [-0.25, -0.2) is 9.90 Å². The summed E-state index contributed by atoms with van der Waals surface area (Å²) in [6.07, 6.45) is 0.679. The van der Waals surface area contributed by atoms with Gasteiger partial charge in [-0.05, 0) is 35.3 Å². The smallest absolute Gasteiger partial charge is 0.453 e. The average Bonchev–Trinajstić information content (AvgIpc) is 2.46. The molecular formula is C18H28NO3. The molecule has 1 radical (unpaired) electrons. The van der Waals surface area contributed by atoms with Crippen LogP contribution in [0.5, 0.6) is 5.75 Å². The molecule has 0 saturated carbocycles. The molecule has 0 saturated heterocycles. The summed E-state index contributed by atoms with van der Waals surface area (Å²) in [6, 6.07) is 6.20. The Labute approximate surface area is 133 Å². The highest BCUT2D eigenvalue weighted by Crippen LogP contribution is 2.38. The SMILES string of the molecule is CCC(C)(C)c1ccc(OCNC([O])=O)c(C(C)(C)CC)c1. The molecule has 22 heavy (non-hydrogen) atoms. The lowest BCUT2D eigenvalue weighted by atomic mass is 9.76.